The highest BCUT2D eigenvalue weighted by molar-refractivity contribution is 5.92. The maximum absolute atomic E-state index is 11.1. The molecule has 0 heterocycles. The van der Waals surface area contributed by atoms with E-state index in [2.05, 4.69) is 0 Å². The van der Waals surface area contributed by atoms with Crippen LogP contribution in [-0.2, 0) is 10.8 Å². The second-order valence-electron chi connectivity index (χ2n) is 6.85. The summed E-state index contributed by atoms with van der Waals surface area (Å²) in [7, 11) is 0. The van der Waals surface area contributed by atoms with Crippen LogP contribution in [0, 0.1) is 0 Å². The summed E-state index contributed by atoms with van der Waals surface area (Å²) in [4.78, 5) is 11.1. The quantitative estimate of drug-likeness (QED) is 0.681. The fourth-order valence-electron chi connectivity index (χ4n) is 2.31. The van der Waals surface area contributed by atoms with Crippen LogP contribution in [0.4, 0.5) is 0 Å². The fourth-order valence-corrected chi connectivity index (χ4v) is 2.31. The molecule has 0 radical (unpaired) electrons. The number of benzene rings is 1. The molecule has 19 heavy (non-hydrogen) atoms. The summed E-state index contributed by atoms with van der Waals surface area (Å²) in [5, 5.41) is 29.5. The third-order valence-electron chi connectivity index (χ3n) is 3.01. The van der Waals surface area contributed by atoms with Crippen LogP contribution in [0.1, 0.15) is 63.0 Å². The van der Waals surface area contributed by atoms with E-state index in [-0.39, 0.29) is 17.1 Å². The van der Waals surface area contributed by atoms with E-state index < -0.39 is 16.8 Å². The Bertz CT molecular complexity index is 516. The van der Waals surface area contributed by atoms with Crippen LogP contribution in [0.15, 0.2) is 6.07 Å². The smallest absolute Gasteiger partial charge is 0.339 e. The van der Waals surface area contributed by atoms with Crippen LogP contribution in [-0.4, -0.2) is 21.3 Å². The molecular formula is C15H22O4. The van der Waals surface area contributed by atoms with E-state index in [1.165, 1.54) is 0 Å². The van der Waals surface area contributed by atoms with E-state index >= 15 is 0 Å². The van der Waals surface area contributed by atoms with E-state index in [0.717, 1.165) is 6.07 Å². The van der Waals surface area contributed by atoms with E-state index in [1.807, 2.05) is 41.5 Å². The molecule has 0 atom stereocenters. The number of rotatable bonds is 1. The van der Waals surface area contributed by atoms with Gasteiger partial charge in [-0.3, -0.25) is 0 Å². The number of hydrogen-bond acceptors (Lipinski definition) is 3. The van der Waals surface area contributed by atoms with E-state index in [1.54, 1.807) is 0 Å². The summed E-state index contributed by atoms with van der Waals surface area (Å²) in [6.45, 7) is 11.4. The van der Waals surface area contributed by atoms with E-state index in [9.17, 15) is 15.0 Å². The Morgan fingerprint density at radius 2 is 1.37 bits per heavy atom. The first-order valence-electron chi connectivity index (χ1n) is 6.20. The third kappa shape index (κ3) is 2.83. The predicted octanol–water partition coefficient (Wildman–Crippen LogP) is 3.39. The summed E-state index contributed by atoms with van der Waals surface area (Å²) in [5.41, 5.74) is -0.0769. The van der Waals surface area contributed by atoms with Gasteiger partial charge < -0.3 is 15.3 Å². The second-order valence-corrected chi connectivity index (χ2v) is 6.85. The molecule has 0 saturated heterocycles. The number of aromatic hydroxyl groups is 2. The average Bonchev–Trinajstić information content (AvgIpc) is 2.16. The minimum Gasteiger partial charge on any atom is -0.508 e. The molecule has 106 valence electrons. The molecule has 1 aromatic rings. The van der Waals surface area contributed by atoms with Gasteiger partial charge in [0.15, 0.2) is 0 Å². The maximum Gasteiger partial charge on any atom is 0.339 e. The van der Waals surface area contributed by atoms with Crippen molar-refractivity contribution >= 4 is 5.97 Å². The number of phenolic OH excluding ortho intramolecular Hbond substituents is 1. The zero-order valence-electron chi connectivity index (χ0n) is 12.3. The van der Waals surface area contributed by atoms with Crippen molar-refractivity contribution < 1.29 is 20.1 Å². The summed E-state index contributed by atoms with van der Waals surface area (Å²) < 4.78 is 0. The predicted molar refractivity (Wildman–Crippen MR) is 74.1 cm³/mol. The molecule has 4 nitrogen and oxygen atoms in total. The summed E-state index contributed by atoms with van der Waals surface area (Å²) >= 11 is 0. The Morgan fingerprint density at radius 3 is 1.68 bits per heavy atom. The van der Waals surface area contributed by atoms with Gasteiger partial charge in [-0.25, -0.2) is 4.79 Å². The monoisotopic (exact) mass is 266 g/mol. The molecule has 0 unspecified atom stereocenters. The van der Waals surface area contributed by atoms with Crippen LogP contribution in [0.3, 0.4) is 0 Å². The summed E-state index contributed by atoms with van der Waals surface area (Å²) in [5.74, 6) is -1.60. The van der Waals surface area contributed by atoms with Gasteiger partial charge in [-0.2, -0.15) is 0 Å². The van der Waals surface area contributed by atoms with Crippen LogP contribution in [0.5, 0.6) is 11.5 Å². The number of carboxylic acids is 1. The molecular weight excluding hydrogens is 244 g/mol. The highest BCUT2D eigenvalue weighted by atomic mass is 16.4. The highest BCUT2D eigenvalue weighted by Crippen LogP contribution is 2.45. The van der Waals surface area contributed by atoms with Crippen molar-refractivity contribution in [2.24, 2.45) is 0 Å². The number of carbonyl (C=O) groups is 1. The molecule has 0 aromatic heterocycles. The zero-order chi connectivity index (χ0) is 15.2. The molecule has 3 N–H and O–H groups in total. The fraction of sp³-hybridized carbons (Fsp3) is 0.533. The molecule has 0 spiro atoms. The van der Waals surface area contributed by atoms with Crippen LogP contribution < -0.4 is 0 Å². The van der Waals surface area contributed by atoms with Crippen molar-refractivity contribution in [1.82, 2.24) is 0 Å². The Hall–Kier alpha value is -1.71. The minimum atomic E-state index is -1.25. The van der Waals surface area contributed by atoms with Gasteiger partial charge in [0.25, 0.3) is 0 Å². The minimum absolute atomic E-state index is 0.0902. The van der Waals surface area contributed by atoms with Crippen molar-refractivity contribution in [2.45, 2.75) is 52.4 Å². The lowest BCUT2D eigenvalue weighted by molar-refractivity contribution is 0.0692. The second kappa shape index (κ2) is 4.44. The average molecular weight is 266 g/mol. The molecule has 0 bridgehead atoms. The topological polar surface area (TPSA) is 77.8 Å². The largest absolute Gasteiger partial charge is 0.508 e. The van der Waals surface area contributed by atoms with Crippen LogP contribution in [0.2, 0.25) is 0 Å². The Labute approximate surface area is 113 Å². The molecule has 0 amide bonds. The first-order valence-corrected chi connectivity index (χ1v) is 6.20. The van der Waals surface area contributed by atoms with Gasteiger partial charge >= 0.3 is 5.97 Å². The molecule has 1 aromatic carbocycles. The molecule has 4 heteroatoms. The standard InChI is InChI=1S/C15H22O4/c1-14(2,3)10-9(16)7-8(13(18)19)12(17)11(10)15(4,5)6/h7,16-17H,1-6H3,(H,18,19). The molecule has 0 saturated carbocycles. The molecule has 1 rings (SSSR count). The third-order valence-corrected chi connectivity index (χ3v) is 3.01. The first kappa shape index (κ1) is 15.3. The molecule has 0 fully saturated rings. The van der Waals surface area contributed by atoms with Crippen LogP contribution >= 0.6 is 0 Å². The lowest BCUT2D eigenvalue weighted by Crippen LogP contribution is -2.23. The van der Waals surface area contributed by atoms with Crippen molar-refractivity contribution in [3.05, 3.63) is 22.8 Å². The summed E-state index contributed by atoms with van der Waals surface area (Å²) in [6, 6.07) is 1.12. The number of aromatic carboxylic acids is 1. The number of carboxylic acid groups (broad SMARTS) is 1. The molecule has 0 aliphatic heterocycles. The normalized spacial score (nSPS) is 12.5. The van der Waals surface area contributed by atoms with Gasteiger partial charge in [-0.1, -0.05) is 41.5 Å². The zero-order valence-corrected chi connectivity index (χ0v) is 12.3. The first-order chi connectivity index (χ1) is 8.37. The Balaban J connectivity index is 3.86. The molecule has 0 aliphatic rings. The SMILES string of the molecule is CC(C)(C)c1c(O)cc(C(=O)O)c(O)c1C(C)(C)C. The van der Waals surface area contributed by atoms with Gasteiger partial charge in [0, 0.05) is 11.1 Å². The Morgan fingerprint density at radius 1 is 0.947 bits per heavy atom. The van der Waals surface area contributed by atoms with Crippen LogP contribution in [0.25, 0.3) is 0 Å². The van der Waals surface area contributed by atoms with Gasteiger partial charge in [0.2, 0.25) is 0 Å². The number of hydrogen-bond donors (Lipinski definition) is 3. The van der Waals surface area contributed by atoms with Crippen molar-refractivity contribution in [2.75, 3.05) is 0 Å². The van der Waals surface area contributed by atoms with Crippen molar-refractivity contribution in [1.29, 1.82) is 0 Å². The molecule has 0 aliphatic carbocycles. The van der Waals surface area contributed by atoms with Crippen molar-refractivity contribution in [3.63, 3.8) is 0 Å². The lowest BCUT2D eigenvalue weighted by Gasteiger charge is -2.32. The van der Waals surface area contributed by atoms with Crippen molar-refractivity contribution in [3.8, 4) is 11.5 Å². The van der Waals surface area contributed by atoms with E-state index in [0.29, 0.717) is 11.1 Å². The summed E-state index contributed by atoms with van der Waals surface area (Å²) in [6.07, 6.45) is 0. The van der Waals surface area contributed by atoms with Gasteiger partial charge in [-0.05, 0) is 16.9 Å². The lowest BCUT2D eigenvalue weighted by atomic mass is 9.73. The van der Waals surface area contributed by atoms with Gasteiger partial charge in [0.05, 0.1) is 0 Å². The van der Waals surface area contributed by atoms with Gasteiger partial charge in [0.1, 0.15) is 17.1 Å². The van der Waals surface area contributed by atoms with E-state index in [4.69, 9.17) is 5.11 Å². The van der Waals surface area contributed by atoms with Gasteiger partial charge in [-0.15, -0.1) is 0 Å². The Kier molecular flexibility index (Phi) is 3.59. The maximum atomic E-state index is 11.1. The number of phenols is 2. The highest BCUT2D eigenvalue weighted by Gasteiger charge is 2.33.